The minimum Gasteiger partial charge on any atom is -0.350 e. The van der Waals surface area contributed by atoms with Gasteiger partial charge in [0, 0.05) is 19.1 Å². The number of benzene rings is 1. The third kappa shape index (κ3) is 5.35. The molecule has 1 unspecified atom stereocenters. The quantitative estimate of drug-likeness (QED) is 0.429. The average Bonchev–Trinajstić information content (AvgIpc) is 2.83. The first-order valence-corrected chi connectivity index (χ1v) is 7.46. The van der Waals surface area contributed by atoms with Crippen molar-refractivity contribution in [1.82, 2.24) is 25.4 Å². The largest absolute Gasteiger partial charge is 0.350 e. The van der Waals surface area contributed by atoms with E-state index >= 15 is 0 Å². The Hall–Kier alpha value is -1.35. The Morgan fingerprint density at radius 3 is 2.48 bits per heavy atom. The maximum atomic E-state index is 5.91. The van der Waals surface area contributed by atoms with E-state index in [0.717, 1.165) is 22.2 Å². The van der Waals surface area contributed by atoms with Crippen LogP contribution in [0.1, 0.15) is 30.2 Å². The lowest BCUT2D eigenvalue weighted by atomic mass is 10.1. The van der Waals surface area contributed by atoms with Gasteiger partial charge in [0.15, 0.2) is 11.8 Å². The number of hydrogen-bond acceptors (Lipinski definition) is 3. The van der Waals surface area contributed by atoms with Gasteiger partial charge in [-0.3, -0.25) is 4.99 Å². The highest BCUT2D eigenvalue weighted by Crippen LogP contribution is 2.15. The molecule has 2 aromatic rings. The first kappa shape index (κ1) is 19.7. The smallest absolute Gasteiger partial charge is 0.191 e. The highest BCUT2D eigenvalue weighted by molar-refractivity contribution is 14.0. The van der Waals surface area contributed by atoms with Crippen molar-refractivity contribution in [2.45, 2.75) is 26.4 Å². The molecule has 23 heavy (non-hydrogen) atoms. The fourth-order valence-corrected chi connectivity index (χ4v) is 2.13. The van der Waals surface area contributed by atoms with Crippen LogP contribution in [0.25, 0.3) is 0 Å². The average molecular weight is 449 g/mol. The Balaban J connectivity index is 0.00000264. The lowest BCUT2D eigenvalue weighted by Gasteiger charge is -2.18. The number of guanidine groups is 1. The molecule has 1 aromatic carbocycles. The zero-order valence-corrected chi connectivity index (χ0v) is 16.8. The van der Waals surface area contributed by atoms with Crippen LogP contribution >= 0.6 is 35.6 Å². The van der Waals surface area contributed by atoms with Gasteiger partial charge in [-0.25, -0.2) is 0 Å². The summed E-state index contributed by atoms with van der Waals surface area (Å²) in [6.45, 7) is 4.55. The SMILES string of the molecule is CN=C(NCc1nnc(C)n1C)NC(C)c1ccc(Cl)cc1.I. The molecule has 1 aromatic heterocycles. The molecule has 0 saturated heterocycles. The molecule has 2 N–H and O–H groups in total. The second kappa shape index (κ2) is 9.07. The van der Waals surface area contributed by atoms with Gasteiger partial charge in [0.1, 0.15) is 5.82 Å². The molecule has 1 atom stereocenters. The molecule has 0 aliphatic carbocycles. The minimum atomic E-state index is 0. The maximum absolute atomic E-state index is 5.91. The molecule has 0 saturated carbocycles. The molecular formula is C15H22ClIN6. The molecule has 0 bridgehead atoms. The van der Waals surface area contributed by atoms with Crippen molar-refractivity contribution in [2.24, 2.45) is 12.0 Å². The van der Waals surface area contributed by atoms with Gasteiger partial charge in [0.05, 0.1) is 12.6 Å². The van der Waals surface area contributed by atoms with Crippen molar-refractivity contribution in [3.63, 3.8) is 0 Å². The molecule has 0 radical (unpaired) electrons. The van der Waals surface area contributed by atoms with Gasteiger partial charge in [0.2, 0.25) is 0 Å². The third-order valence-electron chi connectivity index (χ3n) is 3.54. The zero-order valence-electron chi connectivity index (χ0n) is 13.7. The first-order valence-electron chi connectivity index (χ1n) is 7.08. The van der Waals surface area contributed by atoms with Gasteiger partial charge in [-0.2, -0.15) is 0 Å². The second-order valence-electron chi connectivity index (χ2n) is 5.07. The monoisotopic (exact) mass is 448 g/mol. The summed E-state index contributed by atoms with van der Waals surface area (Å²) in [5.41, 5.74) is 1.14. The van der Waals surface area contributed by atoms with Crippen molar-refractivity contribution in [3.8, 4) is 0 Å². The summed E-state index contributed by atoms with van der Waals surface area (Å²) in [4.78, 5) is 4.23. The Kier molecular flexibility index (Phi) is 7.77. The predicted molar refractivity (Wildman–Crippen MR) is 104 cm³/mol. The van der Waals surface area contributed by atoms with Crippen molar-refractivity contribution >= 4 is 41.5 Å². The van der Waals surface area contributed by atoms with Crippen molar-refractivity contribution in [1.29, 1.82) is 0 Å². The van der Waals surface area contributed by atoms with E-state index in [1.807, 2.05) is 42.8 Å². The molecule has 2 rings (SSSR count). The standard InChI is InChI=1S/C15H21ClN6.HI/c1-10(12-5-7-13(16)8-6-12)19-15(17-3)18-9-14-21-20-11(2)22(14)4;/h5-8,10H,9H2,1-4H3,(H2,17,18,19);1H. The number of aliphatic imine (C=N–C) groups is 1. The Morgan fingerprint density at radius 2 is 1.96 bits per heavy atom. The molecule has 1 heterocycles. The van der Waals surface area contributed by atoms with Crippen LogP contribution < -0.4 is 10.6 Å². The van der Waals surface area contributed by atoms with E-state index in [0.29, 0.717) is 12.5 Å². The summed E-state index contributed by atoms with van der Waals surface area (Å²) in [5.74, 6) is 2.46. The summed E-state index contributed by atoms with van der Waals surface area (Å²) in [7, 11) is 3.69. The van der Waals surface area contributed by atoms with E-state index in [2.05, 4.69) is 32.7 Å². The van der Waals surface area contributed by atoms with E-state index in [1.165, 1.54) is 0 Å². The fraction of sp³-hybridized carbons (Fsp3) is 0.400. The number of nitrogens with one attached hydrogen (secondary N) is 2. The highest BCUT2D eigenvalue weighted by atomic mass is 127. The number of halogens is 2. The van der Waals surface area contributed by atoms with E-state index in [1.54, 1.807) is 7.05 Å². The van der Waals surface area contributed by atoms with Crippen LogP contribution in [0.4, 0.5) is 0 Å². The Morgan fingerprint density at radius 1 is 1.30 bits per heavy atom. The number of rotatable bonds is 4. The minimum absolute atomic E-state index is 0. The van der Waals surface area contributed by atoms with Gasteiger partial charge in [-0.15, -0.1) is 34.2 Å². The maximum Gasteiger partial charge on any atom is 0.191 e. The molecule has 0 aliphatic rings. The molecule has 8 heteroatoms. The lowest BCUT2D eigenvalue weighted by Crippen LogP contribution is -2.38. The van der Waals surface area contributed by atoms with Crippen LogP contribution in [-0.2, 0) is 13.6 Å². The van der Waals surface area contributed by atoms with E-state index < -0.39 is 0 Å². The van der Waals surface area contributed by atoms with E-state index in [-0.39, 0.29) is 30.0 Å². The van der Waals surface area contributed by atoms with Crippen LogP contribution in [0.2, 0.25) is 5.02 Å². The van der Waals surface area contributed by atoms with Crippen LogP contribution in [0.5, 0.6) is 0 Å². The molecule has 6 nitrogen and oxygen atoms in total. The number of hydrogen-bond donors (Lipinski definition) is 2. The normalized spacial score (nSPS) is 12.5. The van der Waals surface area contributed by atoms with E-state index in [4.69, 9.17) is 11.6 Å². The van der Waals surface area contributed by atoms with Crippen molar-refractivity contribution in [2.75, 3.05) is 7.05 Å². The fourth-order valence-electron chi connectivity index (χ4n) is 2.00. The third-order valence-corrected chi connectivity index (χ3v) is 3.80. The first-order chi connectivity index (χ1) is 10.5. The number of aromatic nitrogens is 3. The van der Waals surface area contributed by atoms with Gasteiger partial charge < -0.3 is 15.2 Å². The molecule has 0 aliphatic heterocycles. The molecule has 0 fully saturated rings. The summed E-state index contributed by atoms with van der Waals surface area (Å²) < 4.78 is 1.95. The van der Waals surface area contributed by atoms with Gasteiger partial charge >= 0.3 is 0 Å². The predicted octanol–water partition coefficient (Wildman–Crippen LogP) is 2.82. The van der Waals surface area contributed by atoms with Crippen molar-refractivity contribution in [3.05, 3.63) is 46.5 Å². The number of aryl methyl sites for hydroxylation is 1. The van der Waals surface area contributed by atoms with Gasteiger partial charge in [0.25, 0.3) is 0 Å². The highest BCUT2D eigenvalue weighted by Gasteiger charge is 2.09. The second-order valence-corrected chi connectivity index (χ2v) is 5.50. The van der Waals surface area contributed by atoms with E-state index in [9.17, 15) is 0 Å². The van der Waals surface area contributed by atoms with Crippen LogP contribution in [-0.4, -0.2) is 27.8 Å². The van der Waals surface area contributed by atoms with Crippen LogP contribution in [0, 0.1) is 6.92 Å². The molecule has 126 valence electrons. The summed E-state index contributed by atoms with van der Waals surface area (Å²) in [6, 6.07) is 7.88. The molecule has 0 spiro atoms. The van der Waals surface area contributed by atoms with Crippen LogP contribution in [0.3, 0.4) is 0 Å². The Bertz CT molecular complexity index is 652. The lowest BCUT2D eigenvalue weighted by molar-refractivity contribution is 0.667. The number of nitrogens with zero attached hydrogens (tertiary/aromatic N) is 4. The summed E-state index contributed by atoms with van der Waals surface area (Å²) in [5, 5.41) is 15.5. The van der Waals surface area contributed by atoms with Crippen LogP contribution in [0.15, 0.2) is 29.3 Å². The van der Waals surface area contributed by atoms with Gasteiger partial charge in [-0.1, -0.05) is 23.7 Å². The van der Waals surface area contributed by atoms with Gasteiger partial charge in [-0.05, 0) is 31.5 Å². The molecule has 0 amide bonds. The summed E-state index contributed by atoms with van der Waals surface area (Å²) in [6.07, 6.45) is 0. The topological polar surface area (TPSA) is 67.1 Å². The zero-order chi connectivity index (χ0) is 16.1. The Labute approximate surface area is 158 Å². The molecular weight excluding hydrogens is 427 g/mol. The summed E-state index contributed by atoms with van der Waals surface area (Å²) >= 11 is 5.91. The van der Waals surface area contributed by atoms with Crippen molar-refractivity contribution < 1.29 is 0 Å².